The predicted molar refractivity (Wildman–Crippen MR) is 47.1 cm³/mol. The van der Waals surface area contributed by atoms with E-state index in [0.29, 0.717) is 0 Å². The fourth-order valence-electron chi connectivity index (χ4n) is 1.19. The van der Waals surface area contributed by atoms with E-state index in [1.54, 1.807) is 11.8 Å². The lowest BCUT2D eigenvalue weighted by Gasteiger charge is -2.00. The molecule has 0 radical (unpaired) electrons. The van der Waals surface area contributed by atoms with Crippen molar-refractivity contribution in [2.24, 2.45) is 0 Å². The van der Waals surface area contributed by atoms with Gasteiger partial charge in [-0.1, -0.05) is 17.8 Å². The highest BCUT2D eigenvalue weighted by Gasteiger charge is 2.18. The Kier molecular flexibility index (Phi) is 1.57. The maximum Gasteiger partial charge on any atom is 0.146 e. The van der Waals surface area contributed by atoms with Crippen molar-refractivity contribution < 1.29 is 4.74 Å². The third-order valence-corrected chi connectivity index (χ3v) is 2.70. The standard InChI is InChI=1S/C9H10OS/c1-6-3-4-9-8(5-6)10-7(2)11-9/h3-5,7H,1-2H3. The molecule has 1 aliphatic heterocycles. The van der Waals surface area contributed by atoms with Gasteiger partial charge in [-0.05, 0) is 31.5 Å². The van der Waals surface area contributed by atoms with Crippen molar-refractivity contribution in [2.75, 3.05) is 0 Å². The van der Waals surface area contributed by atoms with Crippen LogP contribution in [0, 0.1) is 6.92 Å². The largest absolute Gasteiger partial charge is 0.479 e. The molecule has 1 nitrogen and oxygen atoms in total. The summed E-state index contributed by atoms with van der Waals surface area (Å²) in [5, 5.41) is 0. The van der Waals surface area contributed by atoms with Crippen LogP contribution in [0.2, 0.25) is 0 Å². The summed E-state index contributed by atoms with van der Waals surface area (Å²) in [6, 6.07) is 6.33. The lowest BCUT2D eigenvalue weighted by molar-refractivity contribution is 0.314. The first-order chi connectivity index (χ1) is 5.25. The highest BCUT2D eigenvalue weighted by molar-refractivity contribution is 8.00. The Hall–Kier alpha value is -0.630. The lowest BCUT2D eigenvalue weighted by Crippen LogP contribution is -1.98. The Balaban J connectivity index is 2.43. The number of rotatable bonds is 0. The van der Waals surface area contributed by atoms with Gasteiger partial charge in [0.15, 0.2) is 0 Å². The van der Waals surface area contributed by atoms with Crippen LogP contribution in [0.3, 0.4) is 0 Å². The van der Waals surface area contributed by atoms with Gasteiger partial charge in [0.2, 0.25) is 0 Å². The first-order valence-electron chi connectivity index (χ1n) is 3.70. The fraction of sp³-hybridized carbons (Fsp3) is 0.333. The second-order valence-electron chi connectivity index (χ2n) is 2.75. The van der Waals surface area contributed by atoms with E-state index in [2.05, 4.69) is 32.0 Å². The summed E-state index contributed by atoms with van der Waals surface area (Å²) in [6.45, 7) is 4.15. The molecule has 0 bridgehead atoms. The molecular formula is C9H10OS. The third kappa shape index (κ3) is 1.23. The molecule has 1 unspecified atom stereocenters. The lowest BCUT2D eigenvalue weighted by atomic mass is 10.2. The molecule has 0 fully saturated rings. The molecule has 0 aliphatic carbocycles. The van der Waals surface area contributed by atoms with Crippen molar-refractivity contribution in [1.29, 1.82) is 0 Å². The minimum absolute atomic E-state index is 0.284. The van der Waals surface area contributed by atoms with Gasteiger partial charge < -0.3 is 4.74 Å². The van der Waals surface area contributed by atoms with Crippen molar-refractivity contribution in [1.82, 2.24) is 0 Å². The molecule has 0 amide bonds. The predicted octanol–water partition coefficient (Wildman–Crippen LogP) is 2.83. The van der Waals surface area contributed by atoms with Gasteiger partial charge in [0.25, 0.3) is 0 Å². The summed E-state index contributed by atoms with van der Waals surface area (Å²) < 4.78 is 5.55. The number of benzene rings is 1. The molecule has 58 valence electrons. The van der Waals surface area contributed by atoms with Crippen LogP contribution in [0.15, 0.2) is 23.1 Å². The molecule has 0 N–H and O–H groups in total. The summed E-state index contributed by atoms with van der Waals surface area (Å²) >= 11 is 1.78. The highest BCUT2D eigenvalue weighted by atomic mass is 32.2. The minimum atomic E-state index is 0.284. The van der Waals surface area contributed by atoms with Crippen LogP contribution in [0.1, 0.15) is 12.5 Å². The molecule has 11 heavy (non-hydrogen) atoms. The van der Waals surface area contributed by atoms with E-state index in [1.807, 2.05) is 0 Å². The number of fused-ring (bicyclic) bond motifs is 1. The molecule has 0 spiro atoms. The van der Waals surface area contributed by atoms with Gasteiger partial charge in [0, 0.05) is 0 Å². The van der Waals surface area contributed by atoms with E-state index >= 15 is 0 Å². The average Bonchev–Trinajstić information content (AvgIpc) is 2.27. The number of aryl methyl sites for hydroxylation is 1. The van der Waals surface area contributed by atoms with Crippen molar-refractivity contribution in [3.05, 3.63) is 23.8 Å². The van der Waals surface area contributed by atoms with Gasteiger partial charge in [0.1, 0.15) is 11.2 Å². The van der Waals surface area contributed by atoms with E-state index in [9.17, 15) is 0 Å². The van der Waals surface area contributed by atoms with E-state index in [1.165, 1.54) is 10.5 Å². The van der Waals surface area contributed by atoms with Crippen LogP contribution in [0.4, 0.5) is 0 Å². The van der Waals surface area contributed by atoms with Crippen LogP contribution in [-0.2, 0) is 0 Å². The molecule has 1 aliphatic rings. The molecule has 1 aromatic carbocycles. The zero-order valence-electron chi connectivity index (χ0n) is 6.63. The smallest absolute Gasteiger partial charge is 0.146 e. The SMILES string of the molecule is Cc1ccc2c(c1)OC(C)S2. The van der Waals surface area contributed by atoms with E-state index in [0.717, 1.165) is 5.75 Å². The second-order valence-corrected chi connectivity index (χ2v) is 4.09. The first kappa shape index (κ1) is 7.04. The zero-order valence-corrected chi connectivity index (χ0v) is 7.44. The highest BCUT2D eigenvalue weighted by Crippen LogP contribution is 2.40. The normalized spacial score (nSPS) is 21.1. The van der Waals surface area contributed by atoms with Gasteiger partial charge in [-0.25, -0.2) is 0 Å². The Morgan fingerprint density at radius 1 is 1.45 bits per heavy atom. The molecule has 0 aromatic heterocycles. The van der Waals surface area contributed by atoms with Crippen LogP contribution >= 0.6 is 11.8 Å². The molecule has 2 heteroatoms. The number of hydrogen-bond acceptors (Lipinski definition) is 2. The van der Waals surface area contributed by atoms with Crippen LogP contribution in [-0.4, -0.2) is 5.44 Å². The molecular weight excluding hydrogens is 156 g/mol. The van der Waals surface area contributed by atoms with Gasteiger partial charge in [0.05, 0.1) is 4.90 Å². The van der Waals surface area contributed by atoms with Gasteiger partial charge in [-0.3, -0.25) is 0 Å². The average molecular weight is 166 g/mol. The van der Waals surface area contributed by atoms with Crippen LogP contribution in [0.25, 0.3) is 0 Å². The fourth-order valence-corrected chi connectivity index (χ4v) is 2.07. The zero-order chi connectivity index (χ0) is 7.84. The van der Waals surface area contributed by atoms with Gasteiger partial charge >= 0.3 is 0 Å². The van der Waals surface area contributed by atoms with Crippen molar-refractivity contribution in [3.8, 4) is 5.75 Å². The summed E-state index contributed by atoms with van der Waals surface area (Å²) in [6.07, 6.45) is 0. The van der Waals surface area contributed by atoms with Crippen molar-refractivity contribution in [3.63, 3.8) is 0 Å². The molecule has 2 rings (SSSR count). The quantitative estimate of drug-likeness (QED) is 0.586. The van der Waals surface area contributed by atoms with Crippen molar-refractivity contribution >= 4 is 11.8 Å². The molecule has 1 heterocycles. The summed E-state index contributed by atoms with van der Waals surface area (Å²) in [7, 11) is 0. The molecule has 1 atom stereocenters. The Bertz CT molecular complexity index is 283. The summed E-state index contributed by atoms with van der Waals surface area (Å²) in [5.41, 5.74) is 1.55. The van der Waals surface area contributed by atoms with Gasteiger partial charge in [-0.15, -0.1) is 0 Å². The first-order valence-corrected chi connectivity index (χ1v) is 4.57. The van der Waals surface area contributed by atoms with E-state index in [4.69, 9.17) is 4.74 Å². The van der Waals surface area contributed by atoms with Crippen molar-refractivity contribution in [2.45, 2.75) is 24.2 Å². The third-order valence-electron chi connectivity index (χ3n) is 1.69. The van der Waals surface area contributed by atoms with Gasteiger partial charge in [-0.2, -0.15) is 0 Å². The minimum Gasteiger partial charge on any atom is -0.479 e. The Morgan fingerprint density at radius 2 is 2.27 bits per heavy atom. The van der Waals surface area contributed by atoms with Crippen LogP contribution < -0.4 is 4.74 Å². The monoisotopic (exact) mass is 166 g/mol. The number of hydrogen-bond donors (Lipinski definition) is 0. The maximum absolute atomic E-state index is 5.55. The number of ether oxygens (including phenoxy) is 1. The van der Waals surface area contributed by atoms with Crippen LogP contribution in [0.5, 0.6) is 5.75 Å². The number of thioether (sulfide) groups is 1. The topological polar surface area (TPSA) is 9.23 Å². The van der Waals surface area contributed by atoms with E-state index in [-0.39, 0.29) is 5.44 Å². The second kappa shape index (κ2) is 2.45. The molecule has 0 saturated carbocycles. The Labute approximate surface area is 70.8 Å². The maximum atomic E-state index is 5.55. The van der Waals surface area contributed by atoms with E-state index < -0.39 is 0 Å². The molecule has 1 aromatic rings. The summed E-state index contributed by atoms with van der Waals surface area (Å²) in [4.78, 5) is 1.27. The Morgan fingerprint density at radius 3 is 3.09 bits per heavy atom. The molecule has 0 saturated heterocycles. The summed E-state index contributed by atoms with van der Waals surface area (Å²) in [5.74, 6) is 1.04.